The Morgan fingerprint density at radius 3 is 2.48 bits per heavy atom. The van der Waals surface area contributed by atoms with E-state index < -0.39 is 0 Å². The van der Waals surface area contributed by atoms with Gasteiger partial charge in [0, 0.05) is 31.1 Å². The molecule has 0 spiro atoms. The van der Waals surface area contributed by atoms with E-state index in [1.807, 2.05) is 59.2 Å². The van der Waals surface area contributed by atoms with Gasteiger partial charge >= 0.3 is 0 Å². The summed E-state index contributed by atoms with van der Waals surface area (Å²) in [5.74, 6) is 1.43. The van der Waals surface area contributed by atoms with E-state index in [-0.39, 0.29) is 11.7 Å². The zero-order chi connectivity index (χ0) is 23.6. The molecule has 0 saturated heterocycles. The second-order valence-electron chi connectivity index (χ2n) is 7.50. The lowest BCUT2D eigenvalue weighted by Crippen LogP contribution is -2.38. The van der Waals surface area contributed by atoms with Crippen LogP contribution in [0.5, 0.6) is 5.75 Å². The molecular weight excluding hydrogens is 438 g/mol. The summed E-state index contributed by atoms with van der Waals surface area (Å²) in [5.41, 5.74) is 1.82. The SMILES string of the molecule is CC(=O)c1cnc2n1CCN(C(=O)/C=C/COc1ccccc1)C2.CCc1ccccc1Cl. The molecule has 0 aliphatic carbocycles. The van der Waals surface area contributed by atoms with Crippen LogP contribution in [0.2, 0.25) is 5.02 Å². The van der Waals surface area contributed by atoms with E-state index in [4.69, 9.17) is 16.3 Å². The molecule has 4 rings (SSSR count). The molecule has 1 aliphatic heterocycles. The van der Waals surface area contributed by atoms with Crippen molar-refractivity contribution in [1.29, 1.82) is 0 Å². The molecule has 0 radical (unpaired) electrons. The molecule has 2 heterocycles. The van der Waals surface area contributed by atoms with Crippen LogP contribution < -0.4 is 4.74 Å². The number of benzene rings is 2. The number of imidazole rings is 1. The van der Waals surface area contributed by atoms with Crippen molar-refractivity contribution in [1.82, 2.24) is 14.5 Å². The van der Waals surface area contributed by atoms with Gasteiger partial charge in [-0.1, -0.05) is 54.9 Å². The Morgan fingerprint density at radius 1 is 1.09 bits per heavy atom. The number of Topliss-reactive ketones (excluding diaryl/α,β-unsaturated/α-hetero) is 1. The lowest BCUT2D eigenvalue weighted by Gasteiger charge is -2.27. The van der Waals surface area contributed by atoms with Gasteiger partial charge < -0.3 is 14.2 Å². The molecule has 3 aromatic rings. The Kier molecular flexibility index (Phi) is 8.84. The van der Waals surface area contributed by atoms with Crippen molar-refractivity contribution in [2.45, 2.75) is 33.4 Å². The molecule has 2 aromatic carbocycles. The minimum Gasteiger partial charge on any atom is -0.490 e. The van der Waals surface area contributed by atoms with E-state index >= 15 is 0 Å². The van der Waals surface area contributed by atoms with Crippen molar-refractivity contribution in [3.63, 3.8) is 0 Å². The minimum absolute atomic E-state index is 0.00789. The van der Waals surface area contributed by atoms with Crippen LogP contribution in [-0.2, 0) is 24.3 Å². The smallest absolute Gasteiger partial charge is 0.246 e. The molecular formula is C26H28ClN3O3. The summed E-state index contributed by atoms with van der Waals surface area (Å²) in [4.78, 5) is 29.7. The van der Waals surface area contributed by atoms with Gasteiger partial charge in [-0.25, -0.2) is 4.98 Å². The molecule has 0 saturated carbocycles. The van der Waals surface area contributed by atoms with Crippen molar-refractivity contribution in [2.75, 3.05) is 13.2 Å². The fourth-order valence-corrected chi connectivity index (χ4v) is 3.70. The second kappa shape index (κ2) is 12.0. The van der Waals surface area contributed by atoms with E-state index in [1.165, 1.54) is 18.6 Å². The Hall–Kier alpha value is -3.38. The van der Waals surface area contributed by atoms with Crippen molar-refractivity contribution >= 4 is 23.3 Å². The first-order valence-electron chi connectivity index (χ1n) is 10.9. The molecule has 0 fully saturated rings. The van der Waals surface area contributed by atoms with Crippen molar-refractivity contribution < 1.29 is 14.3 Å². The molecule has 1 aromatic heterocycles. The lowest BCUT2D eigenvalue weighted by atomic mass is 10.2. The summed E-state index contributed by atoms with van der Waals surface area (Å²) >= 11 is 5.82. The predicted octanol–water partition coefficient (Wildman–Crippen LogP) is 4.97. The zero-order valence-electron chi connectivity index (χ0n) is 18.9. The second-order valence-corrected chi connectivity index (χ2v) is 7.91. The van der Waals surface area contributed by atoms with Crippen molar-refractivity contribution in [2.24, 2.45) is 0 Å². The fourth-order valence-electron chi connectivity index (χ4n) is 3.43. The number of aryl methyl sites for hydroxylation is 1. The van der Waals surface area contributed by atoms with Crippen LogP contribution in [0.15, 0.2) is 72.9 Å². The predicted molar refractivity (Wildman–Crippen MR) is 130 cm³/mol. The van der Waals surface area contributed by atoms with Gasteiger partial charge in [-0.15, -0.1) is 0 Å². The highest BCUT2D eigenvalue weighted by Gasteiger charge is 2.23. The molecule has 6 nitrogen and oxygen atoms in total. The molecule has 172 valence electrons. The first-order chi connectivity index (χ1) is 16.0. The number of rotatable bonds is 6. The van der Waals surface area contributed by atoms with Gasteiger partial charge in [-0.3, -0.25) is 9.59 Å². The summed E-state index contributed by atoms with van der Waals surface area (Å²) < 4.78 is 7.40. The molecule has 1 amide bonds. The van der Waals surface area contributed by atoms with Crippen LogP contribution in [0.4, 0.5) is 0 Å². The number of ether oxygens (including phenoxy) is 1. The van der Waals surface area contributed by atoms with E-state index in [9.17, 15) is 9.59 Å². The average Bonchev–Trinajstić information content (AvgIpc) is 3.27. The highest BCUT2D eigenvalue weighted by Crippen LogP contribution is 2.16. The third-order valence-electron chi connectivity index (χ3n) is 5.23. The van der Waals surface area contributed by atoms with Gasteiger partial charge in [0.15, 0.2) is 5.78 Å². The number of aromatic nitrogens is 2. The first-order valence-corrected chi connectivity index (χ1v) is 11.3. The number of nitrogens with zero attached hydrogens (tertiary/aromatic N) is 3. The van der Waals surface area contributed by atoms with E-state index in [2.05, 4.69) is 11.9 Å². The largest absolute Gasteiger partial charge is 0.490 e. The van der Waals surface area contributed by atoms with Gasteiger partial charge in [0.1, 0.15) is 23.9 Å². The van der Waals surface area contributed by atoms with Gasteiger partial charge in [0.05, 0.1) is 12.7 Å². The number of fused-ring (bicyclic) bond motifs is 1. The van der Waals surface area contributed by atoms with Crippen LogP contribution in [0.3, 0.4) is 0 Å². The van der Waals surface area contributed by atoms with Gasteiger partial charge in [-0.05, 0) is 36.3 Å². The topological polar surface area (TPSA) is 64.4 Å². The summed E-state index contributed by atoms with van der Waals surface area (Å²) in [6, 6.07) is 17.4. The summed E-state index contributed by atoms with van der Waals surface area (Å²) in [6.45, 7) is 5.53. The highest BCUT2D eigenvalue weighted by atomic mass is 35.5. The van der Waals surface area contributed by atoms with Crippen LogP contribution in [0.25, 0.3) is 0 Å². The highest BCUT2D eigenvalue weighted by molar-refractivity contribution is 6.31. The number of carbonyl (C=O) groups is 2. The average molecular weight is 466 g/mol. The first kappa shape index (κ1) is 24.3. The monoisotopic (exact) mass is 465 g/mol. The van der Waals surface area contributed by atoms with Crippen molar-refractivity contribution in [3.8, 4) is 5.75 Å². The molecule has 0 N–H and O–H groups in total. The number of para-hydroxylation sites is 1. The van der Waals surface area contributed by atoms with Crippen LogP contribution in [0, 0.1) is 0 Å². The number of carbonyl (C=O) groups excluding carboxylic acids is 2. The van der Waals surface area contributed by atoms with E-state index in [0.717, 1.165) is 23.0 Å². The summed E-state index contributed by atoms with van der Waals surface area (Å²) in [5, 5.41) is 0.875. The van der Waals surface area contributed by atoms with Crippen LogP contribution in [-0.4, -0.2) is 39.3 Å². The zero-order valence-corrected chi connectivity index (χ0v) is 19.7. The van der Waals surface area contributed by atoms with E-state index in [0.29, 0.717) is 31.9 Å². The fraction of sp³-hybridized carbons (Fsp3) is 0.269. The Labute approximate surface area is 199 Å². The molecule has 0 bridgehead atoms. The van der Waals surface area contributed by atoms with Gasteiger partial charge in [0.25, 0.3) is 0 Å². The number of hydrogen-bond donors (Lipinski definition) is 0. The maximum Gasteiger partial charge on any atom is 0.246 e. The van der Waals surface area contributed by atoms with Gasteiger partial charge in [0.2, 0.25) is 5.91 Å². The molecule has 7 heteroatoms. The number of halogens is 1. The Bertz CT molecular complexity index is 1110. The normalized spacial score (nSPS) is 12.6. The molecule has 33 heavy (non-hydrogen) atoms. The van der Waals surface area contributed by atoms with Crippen LogP contribution >= 0.6 is 11.6 Å². The number of hydrogen-bond acceptors (Lipinski definition) is 4. The lowest BCUT2D eigenvalue weighted by molar-refractivity contribution is -0.127. The standard InChI is InChI=1S/C18H19N3O3.C8H9Cl/c1-14(22)16-12-19-17-13-20(9-10-21(16)17)18(23)8-5-11-24-15-6-3-2-4-7-15;1-2-7-5-3-4-6-8(7)9/h2-8,12H,9-11,13H2,1H3;3-6H,2H2,1H3/b8-5+;. The van der Waals surface area contributed by atoms with Crippen LogP contribution in [0.1, 0.15) is 35.7 Å². The maximum absolute atomic E-state index is 12.2. The third-order valence-corrected chi connectivity index (χ3v) is 5.59. The summed E-state index contributed by atoms with van der Waals surface area (Å²) in [6.07, 6.45) is 5.82. The van der Waals surface area contributed by atoms with Crippen molar-refractivity contribution in [3.05, 3.63) is 95.1 Å². The Morgan fingerprint density at radius 2 is 1.82 bits per heavy atom. The molecule has 0 unspecified atom stereocenters. The maximum atomic E-state index is 12.2. The number of amides is 1. The minimum atomic E-state index is -0.0784. The molecule has 1 aliphatic rings. The quantitative estimate of drug-likeness (QED) is 0.381. The third kappa shape index (κ3) is 6.80. The van der Waals surface area contributed by atoms with Gasteiger partial charge in [-0.2, -0.15) is 0 Å². The summed E-state index contributed by atoms with van der Waals surface area (Å²) in [7, 11) is 0. The van der Waals surface area contributed by atoms with E-state index in [1.54, 1.807) is 17.2 Å². The Balaban J connectivity index is 0.000000286. The molecule has 0 atom stereocenters. The number of ketones is 1.